The lowest BCUT2D eigenvalue weighted by atomic mass is 9.76. The van der Waals surface area contributed by atoms with Crippen LogP contribution in [0.5, 0.6) is 28.7 Å². The average molecular weight is 836 g/mol. The molecule has 0 radical (unpaired) electrons. The molecule has 9 heterocycles. The number of hydrogen-bond acceptors (Lipinski definition) is 15. The van der Waals surface area contributed by atoms with Gasteiger partial charge in [-0.15, -0.1) is 11.8 Å². The number of hydrogen-bond donors (Lipinski definition) is 3. The third-order valence-electron chi connectivity index (χ3n) is 13.3. The quantitative estimate of drug-likeness (QED) is 0.190. The molecule has 3 unspecified atom stereocenters. The number of rotatable bonds is 4. The van der Waals surface area contributed by atoms with E-state index in [0.717, 1.165) is 27.6 Å². The Hall–Kier alpha value is -5.47. The van der Waals surface area contributed by atoms with Crippen molar-refractivity contribution >= 4 is 40.6 Å². The van der Waals surface area contributed by atoms with Gasteiger partial charge in [0.25, 0.3) is 0 Å². The van der Waals surface area contributed by atoms with Crippen LogP contribution < -0.4 is 24.3 Å². The minimum Gasteiger partial charge on any atom is -0.504 e. The maximum atomic E-state index is 15.3. The number of aryl methyl sites for hydroxylation is 1. The van der Waals surface area contributed by atoms with Gasteiger partial charge in [-0.1, -0.05) is 24.3 Å². The van der Waals surface area contributed by atoms with Crippen molar-refractivity contribution in [1.29, 1.82) is 5.26 Å². The fraction of sp³-hybridized carbons (Fsp3) is 0.455. The van der Waals surface area contributed by atoms with E-state index in [1.165, 1.54) is 32.7 Å². The third-order valence-corrected chi connectivity index (χ3v) is 14.8. The highest BCUT2D eigenvalue weighted by Gasteiger charge is 2.64. The highest BCUT2D eigenvalue weighted by molar-refractivity contribution is 7.99. The maximum absolute atomic E-state index is 15.3. The van der Waals surface area contributed by atoms with Gasteiger partial charge >= 0.3 is 17.9 Å². The molecule has 16 heteroatoms. The molecule has 0 saturated carbocycles. The first-order valence-electron chi connectivity index (χ1n) is 20.1. The summed E-state index contributed by atoms with van der Waals surface area (Å²) in [6.07, 6.45) is 0.738. The first-order chi connectivity index (χ1) is 28.8. The van der Waals surface area contributed by atoms with Crippen LogP contribution in [0.25, 0.3) is 10.9 Å². The molecule has 12 rings (SSSR count). The van der Waals surface area contributed by atoms with Gasteiger partial charge in [-0.2, -0.15) is 5.26 Å². The Kier molecular flexibility index (Phi) is 8.89. The summed E-state index contributed by atoms with van der Waals surface area (Å²) in [6, 6.07) is 10.2. The normalized spacial score (nSPS) is 29.7. The monoisotopic (exact) mass is 835 g/mol. The number of nitrogens with zero attached hydrogens (tertiary/aromatic N) is 3. The summed E-state index contributed by atoms with van der Waals surface area (Å²) < 4.78 is 36.5. The van der Waals surface area contributed by atoms with Crippen LogP contribution in [-0.2, 0) is 42.2 Å². The van der Waals surface area contributed by atoms with Crippen molar-refractivity contribution in [3.05, 3.63) is 75.0 Å². The molecule has 312 valence electrons. The van der Waals surface area contributed by atoms with Crippen molar-refractivity contribution in [2.75, 3.05) is 46.5 Å². The molecule has 4 bridgehead atoms. The van der Waals surface area contributed by atoms with Crippen LogP contribution in [-0.4, -0.2) is 102 Å². The van der Waals surface area contributed by atoms with E-state index in [-0.39, 0.29) is 37.9 Å². The number of para-hydroxylation sites is 1. The fourth-order valence-electron chi connectivity index (χ4n) is 11.2. The van der Waals surface area contributed by atoms with E-state index >= 15 is 4.79 Å². The second-order valence-corrected chi connectivity index (χ2v) is 17.9. The van der Waals surface area contributed by atoms with Gasteiger partial charge in [-0.25, -0.2) is 4.79 Å². The highest BCUT2D eigenvalue weighted by Crippen LogP contribution is 2.65. The molecule has 1 spiro atoms. The molecule has 60 heavy (non-hydrogen) atoms. The van der Waals surface area contributed by atoms with E-state index < -0.39 is 58.4 Å². The standard InChI is InChI=1S/C44H45N5O10S/c1-20-11-24-13-43(16-45)17-48(5)33(30(24)35(52)36(20)54-6)34-40-32-31(39-38(57-19-58-39)21(2)37(32)59-23(4)51)29(49(34)43)15-56-42(53)44(18-60-40)41-27(12-25(47-44)14-55-22(3)50)26-9-7-8-10-28(26)46-41/h7-11,25,29,33-34,40,46-47,52H,12-15,17-19H2,1-6H3/t25-,29-,33?,34+,40+,43?,44+/m0/s1. The van der Waals surface area contributed by atoms with Gasteiger partial charge in [0.2, 0.25) is 6.79 Å². The summed E-state index contributed by atoms with van der Waals surface area (Å²) in [5.74, 6) is 0.152. The molecule has 2 saturated heterocycles. The molecular formula is C44H45N5O10S. The fourth-order valence-corrected chi connectivity index (χ4v) is 12.8. The molecule has 8 atom stereocenters. The predicted molar refractivity (Wildman–Crippen MR) is 217 cm³/mol. The van der Waals surface area contributed by atoms with Crippen molar-refractivity contribution in [3.8, 4) is 34.8 Å². The predicted octanol–water partition coefficient (Wildman–Crippen LogP) is 4.69. The second kappa shape index (κ2) is 13.8. The number of aromatic hydroxyl groups is 1. The van der Waals surface area contributed by atoms with Crippen LogP contribution in [0.2, 0.25) is 0 Å². The van der Waals surface area contributed by atoms with Gasteiger partial charge in [-0.3, -0.25) is 24.7 Å². The summed E-state index contributed by atoms with van der Waals surface area (Å²) in [4.78, 5) is 48.4. The number of nitriles is 1. The van der Waals surface area contributed by atoms with Gasteiger partial charge in [0.05, 0.1) is 36.2 Å². The minimum atomic E-state index is -1.47. The van der Waals surface area contributed by atoms with Crippen molar-refractivity contribution in [1.82, 2.24) is 20.1 Å². The van der Waals surface area contributed by atoms with Gasteiger partial charge < -0.3 is 38.5 Å². The minimum absolute atomic E-state index is 0.00748. The lowest BCUT2D eigenvalue weighted by Crippen LogP contribution is -2.69. The lowest BCUT2D eigenvalue weighted by molar-refractivity contribution is -0.159. The smallest absolute Gasteiger partial charge is 0.333 e. The van der Waals surface area contributed by atoms with Gasteiger partial charge in [-0.05, 0) is 50.1 Å². The molecule has 0 amide bonds. The van der Waals surface area contributed by atoms with Crippen molar-refractivity contribution < 1.29 is 47.9 Å². The van der Waals surface area contributed by atoms with Crippen LogP contribution in [0.3, 0.4) is 0 Å². The summed E-state index contributed by atoms with van der Waals surface area (Å²) in [6.45, 7) is 6.46. The van der Waals surface area contributed by atoms with Crippen LogP contribution >= 0.6 is 11.8 Å². The van der Waals surface area contributed by atoms with Gasteiger partial charge in [0.1, 0.15) is 24.5 Å². The molecule has 1 aromatic heterocycles. The third kappa shape index (κ3) is 5.35. The molecule has 4 aromatic rings. The Bertz CT molecular complexity index is 2590. The van der Waals surface area contributed by atoms with Crippen LogP contribution in [0, 0.1) is 25.2 Å². The number of carbonyl (C=O) groups excluding carboxylic acids is 3. The Labute approximate surface area is 350 Å². The van der Waals surface area contributed by atoms with E-state index in [0.29, 0.717) is 63.9 Å². The van der Waals surface area contributed by atoms with Crippen molar-refractivity contribution in [2.45, 2.75) is 81.0 Å². The number of methoxy groups -OCH3 is 1. The largest absolute Gasteiger partial charge is 0.504 e. The van der Waals surface area contributed by atoms with E-state index in [2.05, 4.69) is 26.2 Å². The summed E-state index contributed by atoms with van der Waals surface area (Å²) in [5.41, 5.74) is 3.85. The second-order valence-electron chi connectivity index (χ2n) is 16.8. The first kappa shape index (κ1) is 38.7. The highest BCUT2D eigenvalue weighted by atomic mass is 32.2. The molecule has 0 aliphatic carbocycles. The summed E-state index contributed by atoms with van der Waals surface area (Å²) >= 11 is 1.48. The van der Waals surface area contributed by atoms with Gasteiger partial charge in [0.15, 0.2) is 28.5 Å². The molecule has 15 nitrogen and oxygen atoms in total. The Morgan fingerprint density at radius 1 is 1.08 bits per heavy atom. The summed E-state index contributed by atoms with van der Waals surface area (Å²) in [7, 11) is 3.49. The number of thioether (sulfide) groups is 1. The SMILES string of the molecule is COc1c(C)cc2c(c1O)C1[C@@H]3[C@@H]4SC[C@]5(N[C@H](COC(C)=O)Cc6c5[nH]c5ccccc65)C(=O)OC[C@@H](c5c6c(c(C)c(OC(C)=O)c54)OCO6)N3C(C#N)(C2)CN1C. The Morgan fingerprint density at radius 3 is 2.62 bits per heavy atom. The zero-order valence-corrected chi connectivity index (χ0v) is 34.9. The molecule has 3 N–H and O–H groups in total. The molecule has 8 aliphatic heterocycles. The number of piperazine rings is 1. The number of ether oxygens (including phenoxy) is 6. The van der Waals surface area contributed by atoms with Gasteiger partial charge in [0, 0.05) is 77.8 Å². The zero-order chi connectivity index (χ0) is 42.0. The number of esters is 3. The molecule has 3 aromatic carbocycles. The molecule has 2 fully saturated rings. The molecule has 8 aliphatic rings. The first-order valence-corrected chi connectivity index (χ1v) is 21.1. The zero-order valence-electron chi connectivity index (χ0n) is 34.1. The van der Waals surface area contributed by atoms with E-state index in [1.807, 2.05) is 51.2 Å². The molecular weight excluding hydrogens is 791 g/mol. The van der Waals surface area contributed by atoms with Crippen LogP contribution in [0.4, 0.5) is 0 Å². The number of benzene rings is 3. The Balaban J connectivity index is 1.25. The number of carbonyl (C=O) groups is 3. The lowest BCUT2D eigenvalue weighted by Gasteiger charge is -2.60. The van der Waals surface area contributed by atoms with Crippen molar-refractivity contribution in [3.63, 3.8) is 0 Å². The summed E-state index contributed by atoms with van der Waals surface area (Å²) in [5, 5.41) is 27.7. The number of nitrogens with one attached hydrogen (secondary N) is 2. The van der Waals surface area contributed by atoms with Crippen molar-refractivity contribution in [2.24, 2.45) is 0 Å². The number of likely N-dealkylation sites (N-methyl/N-ethyl adjacent to an activating group) is 1. The van der Waals surface area contributed by atoms with E-state index in [1.54, 1.807) is 0 Å². The Morgan fingerprint density at radius 2 is 1.87 bits per heavy atom. The van der Waals surface area contributed by atoms with Crippen LogP contribution in [0.15, 0.2) is 30.3 Å². The van der Waals surface area contributed by atoms with E-state index in [4.69, 9.17) is 28.4 Å². The number of aromatic nitrogens is 1. The number of fused-ring (bicyclic) bond motifs is 8. The number of H-pyrrole nitrogens is 1. The van der Waals surface area contributed by atoms with Crippen LogP contribution in [0.1, 0.15) is 75.8 Å². The van der Waals surface area contributed by atoms with E-state index in [9.17, 15) is 20.0 Å². The average Bonchev–Trinajstić information content (AvgIpc) is 3.80. The topological polar surface area (TPSA) is 185 Å². The maximum Gasteiger partial charge on any atom is 0.333 e. The number of aromatic amines is 1. The number of phenols is 1. The number of phenolic OH excluding ortho intramolecular Hbond substituents is 1.